The minimum Gasteiger partial charge on any atom is -0.497 e. The molecule has 0 aromatic heterocycles. The second kappa shape index (κ2) is 6.49. The van der Waals surface area contributed by atoms with Gasteiger partial charge in [0.05, 0.1) is 19.8 Å². The van der Waals surface area contributed by atoms with E-state index < -0.39 is 0 Å². The van der Waals surface area contributed by atoms with Crippen LogP contribution in [0.4, 0.5) is 5.69 Å². The summed E-state index contributed by atoms with van der Waals surface area (Å²) in [6.07, 6.45) is 5.34. The first-order valence-corrected chi connectivity index (χ1v) is 6.28. The van der Waals surface area contributed by atoms with Gasteiger partial charge in [0.25, 0.3) is 5.91 Å². The Balaban J connectivity index is 2.26. The zero-order chi connectivity index (χ0) is 15.2. The number of terminal acetylenes is 1. The van der Waals surface area contributed by atoms with Gasteiger partial charge in [-0.15, -0.1) is 6.42 Å². The Morgan fingerprint density at radius 1 is 1.14 bits per heavy atom. The smallest absolute Gasteiger partial charge is 0.259 e. The van der Waals surface area contributed by atoms with Crippen LogP contribution < -0.4 is 14.8 Å². The molecule has 2 aromatic rings. The number of hydrogen-bond donors (Lipinski definition) is 1. The van der Waals surface area contributed by atoms with Crippen molar-refractivity contribution in [1.82, 2.24) is 0 Å². The zero-order valence-electron chi connectivity index (χ0n) is 11.8. The van der Waals surface area contributed by atoms with Gasteiger partial charge < -0.3 is 14.8 Å². The Bertz CT molecular complexity index is 701. The van der Waals surface area contributed by atoms with Crippen molar-refractivity contribution in [2.45, 2.75) is 0 Å². The molecule has 4 nitrogen and oxygen atoms in total. The fourth-order valence-corrected chi connectivity index (χ4v) is 1.87. The molecule has 0 aliphatic heterocycles. The van der Waals surface area contributed by atoms with E-state index in [9.17, 15) is 4.79 Å². The minimum atomic E-state index is -0.274. The molecule has 21 heavy (non-hydrogen) atoms. The van der Waals surface area contributed by atoms with Gasteiger partial charge in [-0.05, 0) is 30.3 Å². The van der Waals surface area contributed by atoms with Gasteiger partial charge in [-0.3, -0.25) is 4.79 Å². The molecule has 0 heterocycles. The molecule has 0 aliphatic rings. The molecule has 0 unspecified atom stereocenters. The second-order valence-electron chi connectivity index (χ2n) is 4.25. The maximum Gasteiger partial charge on any atom is 0.259 e. The van der Waals surface area contributed by atoms with Crippen LogP contribution in [0.5, 0.6) is 11.5 Å². The highest BCUT2D eigenvalue weighted by Crippen LogP contribution is 2.25. The van der Waals surface area contributed by atoms with Crippen LogP contribution in [-0.2, 0) is 0 Å². The van der Waals surface area contributed by atoms with Crippen LogP contribution in [0.2, 0.25) is 0 Å². The highest BCUT2D eigenvalue weighted by Gasteiger charge is 2.13. The average molecular weight is 281 g/mol. The lowest BCUT2D eigenvalue weighted by molar-refractivity contribution is 0.102. The first-order valence-electron chi connectivity index (χ1n) is 6.28. The number of carbonyl (C=O) groups excluding carboxylic acids is 1. The van der Waals surface area contributed by atoms with E-state index in [1.165, 1.54) is 7.11 Å². The molecular weight excluding hydrogens is 266 g/mol. The molecule has 106 valence electrons. The van der Waals surface area contributed by atoms with Gasteiger partial charge in [0, 0.05) is 17.3 Å². The van der Waals surface area contributed by atoms with Gasteiger partial charge in [-0.25, -0.2) is 0 Å². The third-order valence-corrected chi connectivity index (χ3v) is 2.94. The van der Waals surface area contributed by atoms with Gasteiger partial charge in [0.2, 0.25) is 0 Å². The van der Waals surface area contributed by atoms with Gasteiger partial charge in [0.15, 0.2) is 0 Å². The number of anilines is 1. The predicted octanol–water partition coefficient (Wildman–Crippen LogP) is 2.94. The molecule has 0 aliphatic carbocycles. The van der Waals surface area contributed by atoms with E-state index in [1.807, 2.05) is 0 Å². The lowest BCUT2D eigenvalue weighted by Crippen LogP contribution is -2.13. The van der Waals surface area contributed by atoms with Crippen LogP contribution in [0, 0.1) is 12.3 Å². The molecular formula is C17H15NO3. The summed E-state index contributed by atoms with van der Waals surface area (Å²) in [6, 6.07) is 12.1. The summed E-state index contributed by atoms with van der Waals surface area (Å²) in [5.74, 6) is 3.32. The fourth-order valence-electron chi connectivity index (χ4n) is 1.87. The number of nitrogens with one attached hydrogen (secondary N) is 1. The molecule has 0 spiro atoms. The van der Waals surface area contributed by atoms with Crippen molar-refractivity contribution in [1.29, 1.82) is 0 Å². The monoisotopic (exact) mass is 281 g/mol. The summed E-state index contributed by atoms with van der Waals surface area (Å²) in [7, 11) is 3.06. The predicted molar refractivity (Wildman–Crippen MR) is 81.9 cm³/mol. The van der Waals surface area contributed by atoms with E-state index >= 15 is 0 Å². The van der Waals surface area contributed by atoms with E-state index in [0.29, 0.717) is 28.3 Å². The molecule has 1 amide bonds. The number of ether oxygens (including phenoxy) is 2. The minimum absolute atomic E-state index is 0.274. The molecule has 4 heteroatoms. The maximum absolute atomic E-state index is 12.3. The Morgan fingerprint density at radius 3 is 2.62 bits per heavy atom. The van der Waals surface area contributed by atoms with Crippen molar-refractivity contribution in [2.24, 2.45) is 0 Å². The van der Waals surface area contributed by atoms with Crippen molar-refractivity contribution >= 4 is 11.6 Å². The van der Waals surface area contributed by atoms with Gasteiger partial charge in [0.1, 0.15) is 11.5 Å². The molecule has 0 atom stereocenters. The standard InChI is InChI=1S/C17H15NO3/c1-4-12-6-5-7-13(10-12)18-17(19)15-9-8-14(20-2)11-16(15)21-3/h1,5-11H,2-3H3,(H,18,19). The van der Waals surface area contributed by atoms with Crippen molar-refractivity contribution in [2.75, 3.05) is 19.5 Å². The highest BCUT2D eigenvalue weighted by atomic mass is 16.5. The van der Waals surface area contributed by atoms with E-state index in [-0.39, 0.29) is 5.91 Å². The Hall–Kier alpha value is -2.93. The normalized spacial score (nSPS) is 9.57. The van der Waals surface area contributed by atoms with Crippen LogP contribution in [-0.4, -0.2) is 20.1 Å². The second-order valence-corrected chi connectivity index (χ2v) is 4.25. The van der Waals surface area contributed by atoms with Crippen LogP contribution in [0.1, 0.15) is 15.9 Å². The van der Waals surface area contributed by atoms with Crippen molar-refractivity contribution in [3.8, 4) is 23.8 Å². The van der Waals surface area contributed by atoms with E-state index in [1.54, 1.807) is 49.6 Å². The van der Waals surface area contributed by atoms with Gasteiger partial charge >= 0.3 is 0 Å². The van der Waals surface area contributed by atoms with Crippen LogP contribution in [0.15, 0.2) is 42.5 Å². The zero-order valence-corrected chi connectivity index (χ0v) is 11.8. The first-order chi connectivity index (χ1) is 10.2. The van der Waals surface area contributed by atoms with E-state index in [0.717, 1.165) is 0 Å². The third-order valence-electron chi connectivity index (χ3n) is 2.94. The van der Waals surface area contributed by atoms with Crippen molar-refractivity contribution in [3.05, 3.63) is 53.6 Å². The van der Waals surface area contributed by atoms with E-state index in [4.69, 9.17) is 15.9 Å². The molecule has 0 saturated carbocycles. The lowest BCUT2D eigenvalue weighted by atomic mass is 10.1. The van der Waals surface area contributed by atoms with Crippen LogP contribution in [0.25, 0.3) is 0 Å². The van der Waals surface area contributed by atoms with Crippen molar-refractivity contribution < 1.29 is 14.3 Å². The van der Waals surface area contributed by atoms with Crippen LogP contribution >= 0.6 is 0 Å². The molecule has 0 radical (unpaired) electrons. The number of amides is 1. The Kier molecular flexibility index (Phi) is 4.47. The maximum atomic E-state index is 12.3. The molecule has 0 bridgehead atoms. The Morgan fingerprint density at radius 2 is 1.95 bits per heavy atom. The van der Waals surface area contributed by atoms with Crippen molar-refractivity contribution in [3.63, 3.8) is 0 Å². The quantitative estimate of drug-likeness (QED) is 0.876. The Labute approximate surface area is 123 Å². The topological polar surface area (TPSA) is 47.6 Å². The number of rotatable bonds is 4. The largest absolute Gasteiger partial charge is 0.497 e. The summed E-state index contributed by atoms with van der Waals surface area (Å²) in [4.78, 5) is 12.3. The number of hydrogen-bond acceptors (Lipinski definition) is 3. The summed E-state index contributed by atoms with van der Waals surface area (Å²) in [5, 5.41) is 2.79. The third kappa shape index (κ3) is 3.34. The summed E-state index contributed by atoms with van der Waals surface area (Å²) in [5.41, 5.74) is 1.76. The molecule has 0 fully saturated rings. The first kappa shape index (κ1) is 14.5. The highest BCUT2D eigenvalue weighted by molar-refractivity contribution is 6.06. The molecule has 2 rings (SSSR count). The van der Waals surface area contributed by atoms with Gasteiger partial charge in [-0.1, -0.05) is 12.0 Å². The molecule has 2 aromatic carbocycles. The fraction of sp³-hybridized carbons (Fsp3) is 0.118. The van der Waals surface area contributed by atoms with E-state index in [2.05, 4.69) is 11.2 Å². The van der Waals surface area contributed by atoms with Gasteiger partial charge in [-0.2, -0.15) is 0 Å². The summed E-state index contributed by atoms with van der Waals surface area (Å²) in [6.45, 7) is 0. The number of methoxy groups -OCH3 is 2. The van der Waals surface area contributed by atoms with Crippen LogP contribution in [0.3, 0.4) is 0 Å². The lowest BCUT2D eigenvalue weighted by Gasteiger charge is -2.11. The average Bonchev–Trinajstić information content (AvgIpc) is 2.54. The summed E-state index contributed by atoms with van der Waals surface area (Å²) < 4.78 is 10.3. The molecule has 1 N–H and O–H groups in total. The SMILES string of the molecule is C#Cc1cccc(NC(=O)c2ccc(OC)cc2OC)c1. The summed E-state index contributed by atoms with van der Waals surface area (Å²) >= 11 is 0. The molecule has 0 saturated heterocycles. The number of carbonyl (C=O) groups is 1. The number of benzene rings is 2.